The molecule has 3 aromatic rings. The standard InChI is InChI=1S/C17H16F3N3O2S/c1-10(8-25-2)21-15(24)14-9-26-16-22-13(7-23(14)16)11-4-3-5-12(6-11)17(18,19)20/h3-7,9-10H,8H2,1-2H3,(H,21,24)/t10-/m1/s1. The van der Waals surface area contributed by atoms with Gasteiger partial charge in [-0.05, 0) is 19.1 Å². The van der Waals surface area contributed by atoms with E-state index in [0.717, 1.165) is 12.1 Å². The summed E-state index contributed by atoms with van der Waals surface area (Å²) in [6.07, 6.45) is -2.85. The van der Waals surface area contributed by atoms with Crippen LogP contribution in [0.15, 0.2) is 35.8 Å². The summed E-state index contributed by atoms with van der Waals surface area (Å²) in [7, 11) is 1.54. The number of alkyl halides is 3. The lowest BCUT2D eigenvalue weighted by Gasteiger charge is -2.11. The van der Waals surface area contributed by atoms with Gasteiger partial charge in [0.25, 0.3) is 5.91 Å². The number of benzene rings is 1. The third kappa shape index (κ3) is 3.73. The molecule has 0 fully saturated rings. The van der Waals surface area contributed by atoms with Crippen LogP contribution in [0.5, 0.6) is 0 Å². The fourth-order valence-corrected chi connectivity index (χ4v) is 3.38. The number of fused-ring (bicyclic) bond motifs is 1. The minimum Gasteiger partial charge on any atom is -0.383 e. The van der Waals surface area contributed by atoms with Gasteiger partial charge in [0.1, 0.15) is 5.69 Å². The van der Waals surface area contributed by atoms with Gasteiger partial charge in [-0.25, -0.2) is 4.98 Å². The first-order valence-corrected chi connectivity index (χ1v) is 8.61. The van der Waals surface area contributed by atoms with Gasteiger partial charge in [-0.2, -0.15) is 13.2 Å². The lowest BCUT2D eigenvalue weighted by atomic mass is 10.1. The number of rotatable bonds is 5. The lowest BCUT2D eigenvalue weighted by Crippen LogP contribution is -2.36. The van der Waals surface area contributed by atoms with Crippen LogP contribution < -0.4 is 5.32 Å². The Labute approximate surface area is 151 Å². The third-order valence-corrected chi connectivity index (χ3v) is 4.56. The molecule has 5 nitrogen and oxygen atoms in total. The number of hydrogen-bond donors (Lipinski definition) is 1. The highest BCUT2D eigenvalue weighted by molar-refractivity contribution is 7.15. The zero-order valence-corrected chi connectivity index (χ0v) is 14.8. The SMILES string of the molecule is COC[C@@H](C)NC(=O)c1csc2nc(-c3cccc(C(F)(F)F)c3)cn12. The fourth-order valence-electron chi connectivity index (χ4n) is 2.53. The van der Waals surface area contributed by atoms with Crippen molar-refractivity contribution in [3.05, 3.63) is 47.1 Å². The Morgan fingerprint density at radius 1 is 1.42 bits per heavy atom. The lowest BCUT2D eigenvalue weighted by molar-refractivity contribution is -0.137. The molecule has 138 valence electrons. The van der Waals surface area contributed by atoms with Gasteiger partial charge in [-0.15, -0.1) is 11.3 Å². The van der Waals surface area contributed by atoms with E-state index in [1.807, 2.05) is 6.92 Å². The number of amides is 1. The smallest absolute Gasteiger partial charge is 0.383 e. The number of ether oxygens (including phenoxy) is 1. The molecule has 1 aromatic carbocycles. The van der Waals surface area contributed by atoms with Crippen molar-refractivity contribution >= 4 is 22.2 Å². The summed E-state index contributed by atoms with van der Waals surface area (Å²) in [6.45, 7) is 2.19. The first-order chi connectivity index (χ1) is 12.3. The van der Waals surface area contributed by atoms with Crippen LogP contribution >= 0.6 is 11.3 Å². The molecule has 2 aromatic heterocycles. The van der Waals surface area contributed by atoms with Gasteiger partial charge >= 0.3 is 6.18 Å². The Kier molecular flexibility index (Phi) is 5.01. The second-order valence-corrected chi connectivity index (χ2v) is 6.64. The maximum atomic E-state index is 12.9. The molecule has 0 saturated heterocycles. The van der Waals surface area contributed by atoms with E-state index in [1.165, 1.54) is 17.4 Å². The maximum absolute atomic E-state index is 12.9. The van der Waals surface area contributed by atoms with Gasteiger partial charge in [0, 0.05) is 30.3 Å². The monoisotopic (exact) mass is 383 g/mol. The van der Waals surface area contributed by atoms with Gasteiger partial charge in [-0.3, -0.25) is 9.20 Å². The maximum Gasteiger partial charge on any atom is 0.416 e. The van der Waals surface area contributed by atoms with Crippen molar-refractivity contribution < 1.29 is 22.7 Å². The molecule has 0 aliphatic carbocycles. The summed E-state index contributed by atoms with van der Waals surface area (Å²) in [4.78, 5) is 17.2. The van der Waals surface area contributed by atoms with Crippen LogP contribution in [-0.4, -0.2) is 35.1 Å². The first kappa shape index (κ1) is 18.4. The molecule has 2 heterocycles. The molecule has 0 radical (unpaired) electrons. The second kappa shape index (κ2) is 7.08. The average Bonchev–Trinajstić information content (AvgIpc) is 3.14. The number of nitrogens with zero attached hydrogens (tertiary/aromatic N) is 2. The van der Waals surface area contributed by atoms with Crippen molar-refractivity contribution in [2.24, 2.45) is 0 Å². The summed E-state index contributed by atoms with van der Waals surface area (Å²) >= 11 is 1.25. The van der Waals surface area contributed by atoms with E-state index in [9.17, 15) is 18.0 Å². The summed E-state index contributed by atoms with van der Waals surface area (Å²) in [5, 5.41) is 4.46. The molecule has 1 amide bonds. The summed E-state index contributed by atoms with van der Waals surface area (Å²) in [5.41, 5.74) is 0.355. The van der Waals surface area contributed by atoms with E-state index in [-0.39, 0.29) is 11.9 Å². The van der Waals surface area contributed by atoms with Gasteiger partial charge in [-0.1, -0.05) is 12.1 Å². The zero-order chi connectivity index (χ0) is 18.9. The number of nitrogens with one attached hydrogen (secondary N) is 1. The molecule has 26 heavy (non-hydrogen) atoms. The van der Waals surface area contributed by atoms with E-state index in [2.05, 4.69) is 10.3 Å². The van der Waals surface area contributed by atoms with Gasteiger partial charge in [0.2, 0.25) is 0 Å². The predicted molar refractivity (Wildman–Crippen MR) is 92.3 cm³/mol. The van der Waals surface area contributed by atoms with Crippen LogP contribution in [0.1, 0.15) is 23.0 Å². The number of aromatic nitrogens is 2. The van der Waals surface area contributed by atoms with Crippen molar-refractivity contribution in [1.29, 1.82) is 0 Å². The minimum absolute atomic E-state index is 0.172. The van der Waals surface area contributed by atoms with Crippen molar-refractivity contribution in [3.8, 4) is 11.3 Å². The Bertz CT molecular complexity index is 933. The molecule has 1 atom stereocenters. The van der Waals surface area contributed by atoms with Crippen LogP contribution in [0.4, 0.5) is 13.2 Å². The highest BCUT2D eigenvalue weighted by Gasteiger charge is 2.30. The molecule has 0 bridgehead atoms. The van der Waals surface area contributed by atoms with E-state index in [0.29, 0.717) is 28.5 Å². The second-order valence-electron chi connectivity index (χ2n) is 5.81. The molecular weight excluding hydrogens is 367 g/mol. The number of hydrogen-bond acceptors (Lipinski definition) is 4. The number of carbonyl (C=O) groups is 1. The van der Waals surface area contributed by atoms with Gasteiger partial charge < -0.3 is 10.1 Å². The molecule has 0 spiro atoms. The van der Waals surface area contributed by atoms with E-state index < -0.39 is 11.7 Å². The third-order valence-electron chi connectivity index (χ3n) is 3.72. The minimum atomic E-state index is -4.42. The number of halogens is 3. The largest absolute Gasteiger partial charge is 0.416 e. The van der Waals surface area contributed by atoms with Crippen LogP contribution in [0.3, 0.4) is 0 Å². The zero-order valence-electron chi connectivity index (χ0n) is 14.0. The van der Waals surface area contributed by atoms with E-state index in [4.69, 9.17) is 4.74 Å². The Morgan fingerprint density at radius 3 is 2.88 bits per heavy atom. The topological polar surface area (TPSA) is 55.6 Å². The van der Waals surface area contributed by atoms with Crippen LogP contribution in [0.2, 0.25) is 0 Å². The van der Waals surface area contributed by atoms with Crippen molar-refractivity contribution in [3.63, 3.8) is 0 Å². The number of imidazole rings is 1. The average molecular weight is 383 g/mol. The van der Waals surface area contributed by atoms with Gasteiger partial charge in [0.15, 0.2) is 4.96 Å². The molecule has 0 aliphatic rings. The first-order valence-electron chi connectivity index (χ1n) is 7.73. The normalized spacial score (nSPS) is 13.1. The Morgan fingerprint density at radius 2 is 2.19 bits per heavy atom. The van der Waals surface area contributed by atoms with Crippen molar-refractivity contribution in [2.75, 3.05) is 13.7 Å². The van der Waals surface area contributed by atoms with Crippen LogP contribution in [0.25, 0.3) is 16.2 Å². The highest BCUT2D eigenvalue weighted by Crippen LogP contribution is 2.32. The van der Waals surface area contributed by atoms with Crippen LogP contribution in [0, 0.1) is 0 Å². The van der Waals surface area contributed by atoms with Gasteiger partial charge in [0.05, 0.1) is 17.9 Å². The molecule has 3 rings (SSSR count). The number of thiazole rings is 1. The summed E-state index contributed by atoms with van der Waals surface area (Å²) in [5.74, 6) is -0.297. The molecule has 0 unspecified atom stereocenters. The summed E-state index contributed by atoms with van der Waals surface area (Å²) < 4.78 is 45.3. The van der Waals surface area contributed by atoms with E-state index >= 15 is 0 Å². The molecule has 0 aliphatic heterocycles. The predicted octanol–water partition coefficient (Wildman–Crippen LogP) is 3.85. The van der Waals surface area contributed by atoms with Crippen molar-refractivity contribution in [2.45, 2.75) is 19.1 Å². The fraction of sp³-hybridized carbons (Fsp3) is 0.294. The molecule has 9 heteroatoms. The molecule has 1 N–H and O–H groups in total. The van der Waals surface area contributed by atoms with E-state index in [1.54, 1.807) is 29.2 Å². The van der Waals surface area contributed by atoms with Crippen LogP contribution in [-0.2, 0) is 10.9 Å². The number of carbonyl (C=O) groups excluding carboxylic acids is 1. The molecule has 0 saturated carbocycles. The Hall–Kier alpha value is -2.39. The Balaban J connectivity index is 1.92. The van der Waals surface area contributed by atoms with Crippen molar-refractivity contribution in [1.82, 2.24) is 14.7 Å². The highest BCUT2D eigenvalue weighted by atomic mass is 32.1. The molecular formula is C17H16F3N3O2S. The summed E-state index contributed by atoms with van der Waals surface area (Å²) in [6, 6.07) is 4.78. The number of methoxy groups -OCH3 is 1. The quantitative estimate of drug-likeness (QED) is 0.728.